The number of amides is 2. The molecule has 0 bridgehead atoms. The molecule has 3 rings (SSSR count). The van der Waals surface area contributed by atoms with Gasteiger partial charge < -0.3 is 10.2 Å². The topological polar surface area (TPSA) is 66.3 Å². The average molecular weight is 348 g/mol. The lowest BCUT2D eigenvalue weighted by Gasteiger charge is -2.44. The molecule has 1 N–H and O–H groups in total. The van der Waals surface area contributed by atoms with Gasteiger partial charge in [0.05, 0.1) is 6.54 Å². The number of rotatable bonds is 7. The first-order valence-electron chi connectivity index (χ1n) is 9.64. The lowest BCUT2D eigenvalue weighted by molar-refractivity contribution is 0.0922. The SMILES string of the molecule is CC(C)CC1(CNC(=O)N2CCN(CCn3cncn3)CC2)CCC1. The van der Waals surface area contributed by atoms with Crippen molar-refractivity contribution in [1.82, 2.24) is 29.9 Å². The van der Waals surface area contributed by atoms with Gasteiger partial charge >= 0.3 is 6.03 Å². The zero-order valence-corrected chi connectivity index (χ0v) is 15.7. The molecule has 25 heavy (non-hydrogen) atoms. The number of nitrogens with zero attached hydrogens (tertiary/aromatic N) is 5. The Kier molecular flexibility index (Phi) is 5.93. The zero-order chi connectivity index (χ0) is 17.7. The van der Waals surface area contributed by atoms with Crippen molar-refractivity contribution in [2.45, 2.75) is 46.1 Å². The normalized spacial score (nSPS) is 20.5. The molecule has 0 aromatic carbocycles. The van der Waals surface area contributed by atoms with Gasteiger partial charge in [-0.2, -0.15) is 5.10 Å². The number of carbonyl (C=O) groups is 1. The Morgan fingerprint density at radius 1 is 1.20 bits per heavy atom. The fraction of sp³-hybridized carbons (Fsp3) is 0.833. The van der Waals surface area contributed by atoms with E-state index in [-0.39, 0.29) is 6.03 Å². The smallest absolute Gasteiger partial charge is 0.317 e. The summed E-state index contributed by atoms with van der Waals surface area (Å²) in [5, 5.41) is 7.35. The molecule has 7 nitrogen and oxygen atoms in total. The molecule has 1 aliphatic carbocycles. The Hall–Kier alpha value is -1.63. The molecule has 0 radical (unpaired) electrons. The van der Waals surface area contributed by atoms with Crippen LogP contribution in [0.5, 0.6) is 0 Å². The van der Waals surface area contributed by atoms with Crippen LogP contribution >= 0.6 is 0 Å². The summed E-state index contributed by atoms with van der Waals surface area (Å²) in [4.78, 5) is 20.8. The number of nitrogens with one attached hydrogen (secondary N) is 1. The Balaban J connectivity index is 1.36. The van der Waals surface area contributed by atoms with Crippen LogP contribution in [0.25, 0.3) is 0 Å². The van der Waals surface area contributed by atoms with Gasteiger partial charge in [-0.1, -0.05) is 20.3 Å². The molecule has 2 amide bonds. The summed E-state index contributed by atoms with van der Waals surface area (Å²) >= 11 is 0. The molecular formula is C18H32N6O. The zero-order valence-electron chi connectivity index (χ0n) is 15.7. The van der Waals surface area contributed by atoms with Gasteiger partial charge in [0, 0.05) is 39.3 Å². The van der Waals surface area contributed by atoms with E-state index in [4.69, 9.17) is 0 Å². The standard InChI is InChI=1S/C18H32N6O/c1-16(2)12-18(4-3-5-18)13-20-17(25)23-9-6-22(7-10-23)8-11-24-15-19-14-21-24/h14-16H,3-13H2,1-2H3,(H,20,25). The summed E-state index contributed by atoms with van der Waals surface area (Å²) in [6, 6.07) is 0.117. The van der Waals surface area contributed by atoms with Crippen LogP contribution in [0.4, 0.5) is 4.79 Å². The van der Waals surface area contributed by atoms with Crippen molar-refractivity contribution >= 4 is 6.03 Å². The molecule has 140 valence electrons. The number of piperazine rings is 1. The van der Waals surface area contributed by atoms with Crippen molar-refractivity contribution < 1.29 is 4.79 Å². The molecule has 7 heteroatoms. The van der Waals surface area contributed by atoms with Crippen LogP contribution in [0, 0.1) is 11.3 Å². The highest BCUT2D eigenvalue weighted by atomic mass is 16.2. The number of urea groups is 1. The maximum absolute atomic E-state index is 12.5. The van der Waals surface area contributed by atoms with E-state index in [0.717, 1.165) is 45.8 Å². The van der Waals surface area contributed by atoms with Crippen LogP contribution in [0.3, 0.4) is 0 Å². The first-order valence-corrected chi connectivity index (χ1v) is 9.64. The summed E-state index contributed by atoms with van der Waals surface area (Å²) < 4.78 is 1.85. The third kappa shape index (κ3) is 4.93. The van der Waals surface area contributed by atoms with Gasteiger partial charge in [-0.25, -0.2) is 9.78 Å². The van der Waals surface area contributed by atoms with E-state index in [1.54, 1.807) is 12.7 Å². The van der Waals surface area contributed by atoms with Crippen molar-refractivity contribution in [1.29, 1.82) is 0 Å². The quantitative estimate of drug-likeness (QED) is 0.816. The first kappa shape index (κ1) is 18.2. The van der Waals surface area contributed by atoms with Crippen LogP contribution in [0.1, 0.15) is 39.5 Å². The lowest BCUT2D eigenvalue weighted by atomic mass is 9.64. The Morgan fingerprint density at radius 2 is 1.96 bits per heavy atom. The van der Waals surface area contributed by atoms with E-state index < -0.39 is 0 Å². The van der Waals surface area contributed by atoms with Gasteiger partial charge in [0.15, 0.2) is 0 Å². The summed E-state index contributed by atoms with van der Waals surface area (Å²) in [6.07, 6.45) is 8.38. The fourth-order valence-corrected chi connectivity index (χ4v) is 4.14. The van der Waals surface area contributed by atoms with E-state index in [0.29, 0.717) is 11.3 Å². The molecule has 1 saturated carbocycles. The minimum Gasteiger partial charge on any atom is -0.337 e. The Bertz CT molecular complexity index is 532. The summed E-state index contributed by atoms with van der Waals surface area (Å²) in [6.45, 7) is 10.7. The van der Waals surface area contributed by atoms with Gasteiger partial charge in [-0.05, 0) is 30.6 Å². The number of aromatic nitrogens is 3. The predicted molar refractivity (Wildman–Crippen MR) is 97.2 cm³/mol. The van der Waals surface area contributed by atoms with Gasteiger partial charge in [0.1, 0.15) is 12.7 Å². The second-order valence-corrected chi connectivity index (χ2v) is 8.10. The highest BCUT2D eigenvalue weighted by Gasteiger charge is 2.37. The van der Waals surface area contributed by atoms with Crippen LogP contribution in [-0.4, -0.2) is 69.9 Å². The molecule has 0 spiro atoms. The molecule has 1 aromatic rings. The Labute approximate surface area is 150 Å². The molecular weight excluding hydrogens is 316 g/mol. The van der Waals surface area contributed by atoms with E-state index >= 15 is 0 Å². The average Bonchev–Trinajstić information content (AvgIpc) is 3.08. The third-order valence-electron chi connectivity index (χ3n) is 5.64. The van der Waals surface area contributed by atoms with E-state index in [1.165, 1.54) is 25.7 Å². The van der Waals surface area contributed by atoms with E-state index in [9.17, 15) is 4.79 Å². The van der Waals surface area contributed by atoms with E-state index in [2.05, 4.69) is 34.1 Å². The van der Waals surface area contributed by atoms with Crippen molar-refractivity contribution in [2.24, 2.45) is 11.3 Å². The number of hydrogen-bond acceptors (Lipinski definition) is 4. The monoisotopic (exact) mass is 348 g/mol. The third-order valence-corrected chi connectivity index (χ3v) is 5.64. The number of carbonyl (C=O) groups excluding carboxylic acids is 1. The van der Waals surface area contributed by atoms with E-state index in [1.807, 2.05) is 9.58 Å². The maximum Gasteiger partial charge on any atom is 0.317 e. The lowest BCUT2D eigenvalue weighted by Crippen LogP contribution is -2.54. The summed E-state index contributed by atoms with van der Waals surface area (Å²) in [5.41, 5.74) is 0.365. The van der Waals surface area contributed by atoms with Crippen LogP contribution in [-0.2, 0) is 6.54 Å². The highest BCUT2D eigenvalue weighted by molar-refractivity contribution is 5.74. The maximum atomic E-state index is 12.5. The second kappa shape index (κ2) is 8.17. The van der Waals surface area contributed by atoms with Crippen molar-refractivity contribution in [3.63, 3.8) is 0 Å². The molecule has 0 unspecified atom stereocenters. The van der Waals surface area contributed by atoms with Crippen LogP contribution in [0.2, 0.25) is 0 Å². The molecule has 1 aromatic heterocycles. The van der Waals surface area contributed by atoms with Gasteiger partial charge in [0.2, 0.25) is 0 Å². The predicted octanol–water partition coefficient (Wildman–Crippen LogP) is 1.82. The van der Waals surface area contributed by atoms with Crippen LogP contribution < -0.4 is 5.32 Å². The molecule has 0 atom stereocenters. The molecule has 2 heterocycles. The van der Waals surface area contributed by atoms with Crippen molar-refractivity contribution in [3.8, 4) is 0 Å². The van der Waals surface area contributed by atoms with Crippen molar-refractivity contribution in [2.75, 3.05) is 39.3 Å². The summed E-state index contributed by atoms with van der Waals surface area (Å²) in [7, 11) is 0. The molecule has 1 saturated heterocycles. The minimum atomic E-state index is 0.117. The largest absolute Gasteiger partial charge is 0.337 e. The highest BCUT2D eigenvalue weighted by Crippen LogP contribution is 2.45. The van der Waals surface area contributed by atoms with Gasteiger partial charge in [-0.3, -0.25) is 9.58 Å². The molecule has 2 fully saturated rings. The minimum absolute atomic E-state index is 0.117. The second-order valence-electron chi connectivity index (χ2n) is 8.10. The molecule has 1 aliphatic heterocycles. The van der Waals surface area contributed by atoms with Gasteiger partial charge in [0.25, 0.3) is 0 Å². The van der Waals surface area contributed by atoms with Gasteiger partial charge in [-0.15, -0.1) is 0 Å². The Morgan fingerprint density at radius 3 is 2.52 bits per heavy atom. The molecule has 2 aliphatic rings. The fourth-order valence-electron chi connectivity index (χ4n) is 4.14. The first-order chi connectivity index (χ1) is 12.1. The number of hydrogen-bond donors (Lipinski definition) is 1. The van der Waals surface area contributed by atoms with Crippen molar-refractivity contribution in [3.05, 3.63) is 12.7 Å². The van der Waals surface area contributed by atoms with Crippen LogP contribution in [0.15, 0.2) is 12.7 Å². The summed E-state index contributed by atoms with van der Waals surface area (Å²) in [5.74, 6) is 0.700.